The highest BCUT2D eigenvalue weighted by Crippen LogP contribution is 1.71. The molecule has 41 valence electrons. The molecule has 0 unspecified atom stereocenters. The van der Waals surface area contributed by atoms with Gasteiger partial charge in [0.25, 0.3) is 0 Å². The lowest BCUT2D eigenvalue weighted by Gasteiger charge is -1.51. The first-order chi connectivity index (χ1) is 3.80. The molecule has 1 aliphatic rings. The molecule has 1 aliphatic heterocycles. The normalized spacial score (nSPS) is 15.2. The van der Waals surface area contributed by atoms with Crippen LogP contribution in [-0.4, -0.2) is 26.0 Å². The van der Waals surface area contributed by atoms with Gasteiger partial charge in [0.05, 0.1) is 0 Å². The number of nitrogens with zero attached hydrogens (tertiary/aromatic N) is 2. The van der Waals surface area contributed by atoms with Gasteiger partial charge in [-0.2, -0.15) is 8.42 Å². The van der Waals surface area contributed by atoms with E-state index < -0.39 is 10.3 Å². The summed E-state index contributed by atoms with van der Waals surface area (Å²) in [5.74, 6) is 0. The average molecular weight is 130 g/mol. The van der Waals surface area contributed by atoms with E-state index in [2.05, 4.69) is 9.98 Å². The van der Waals surface area contributed by atoms with Crippen molar-refractivity contribution in [2.45, 2.75) is 0 Å². The van der Waals surface area contributed by atoms with Crippen LogP contribution in [0.5, 0.6) is 0 Å². The summed E-state index contributed by atoms with van der Waals surface area (Å²) >= 11 is 0. The second kappa shape index (κ2) is 1.87. The Morgan fingerprint density at radius 1 is 1.62 bits per heavy atom. The molecule has 0 bridgehead atoms. The molecule has 5 heteroatoms. The monoisotopic (exact) mass is 130 g/mol. The van der Waals surface area contributed by atoms with Gasteiger partial charge < -0.3 is 0 Å². The van der Waals surface area contributed by atoms with Gasteiger partial charge in [-0.05, 0) is 9.98 Å². The molecular formula is C3H2N2O2S+. The predicted molar refractivity (Wildman–Crippen MR) is 30.6 cm³/mol. The Balaban J connectivity index is 3.29. The second-order valence-corrected chi connectivity index (χ2v) is 1.91. The highest BCUT2D eigenvalue weighted by atomic mass is 32.2. The zero-order valence-corrected chi connectivity index (χ0v) is 4.59. The largest absolute Gasteiger partial charge is 0.486 e. The van der Waals surface area contributed by atoms with Crippen molar-refractivity contribution in [3.63, 3.8) is 0 Å². The maximum absolute atomic E-state index is 9.94. The Kier molecular flexibility index (Phi) is 1.21. The van der Waals surface area contributed by atoms with Crippen molar-refractivity contribution in [1.29, 1.82) is 0 Å². The Labute approximate surface area is 47.1 Å². The summed E-state index contributed by atoms with van der Waals surface area (Å²) in [6, 6.07) is 0. The first-order valence-corrected chi connectivity index (χ1v) is 2.91. The third kappa shape index (κ3) is 0.812. The fraction of sp³-hybridized carbons (Fsp3) is 0. The zero-order chi connectivity index (χ0) is 5.98. The molecule has 0 saturated heterocycles. The first-order valence-electron chi connectivity index (χ1n) is 1.83. The Morgan fingerprint density at radius 3 is 2.62 bits per heavy atom. The molecule has 0 aromatic rings. The number of aliphatic imine (C=N–C) groups is 2. The van der Waals surface area contributed by atoms with Crippen LogP contribution in [0.25, 0.3) is 0 Å². The van der Waals surface area contributed by atoms with Crippen LogP contribution >= 0.6 is 0 Å². The summed E-state index contributed by atoms with van der Waals surface area (Å²) in [5.41, 5.74) is 0. The molecule has 1 heterocycles. The van der Waals surface area contributed by atoms with Crippen LogP contribution < -0.4 is 4.99 Å². The Morgan fingerprint density at radius 2 is 2.38 bits per heavy atom. The Bertz CT molecular complexity index is 250. The molecule has 0 fully saturated rings. The van der Waals surface area contributed by atoms with E-state index in [4.69, 9.17) is 0 Å². The molecule has 0 aliphatic carbocycles. The average Bonchev–Trinajstić information content (AvgIpc) is 2.12. The maximum Gasteiger partial charge on any atom is 0.486 e. The topological polar surface area (TPSA) is 60.6 Å². The highest BCUT2D eigenvalue weighted by Gasteiger charge is 2.11. The molecule has 0 saturated carbocycles. The maximum atomic E-state index is 9.94. The van der Waals surface area contributed by atoms with Gasteiger partial charge in [0.2, 0.25) is 0 Å². The van der Waals surface area contributed by atoms with Crippen LogP contribution in [0.1, 0.15) is 0 Å². The summed E-state index contributed by atoms with van der Waals surface area (Å²) in [6.07, 6.45) is 2.65. The summed E-state index contributed by atoms with van der Waals surface area (Å²) in [6.45, 7) is 0. The van der Waals surface area contributed by atoms with Gasteiger partial charge in [0.1, 0.15) is 0 Å². The van der Waals surface area contributed by atoms with Crippen molar-refractivity contribution >= 4 is 27.8 Å². The standard InChI is InChI=1S/C3H2N2O2S/c6-8(7)3-4-1-2-5-3/h1-2H/q+1. The van der Waals surface area contributed by atoms with Crippen LogP contribution in [0.4, 0.5) is 0 Å². The van der Waals surface area contributed by atoms with Crippen LogP contribution in [0.3, 0.4) is 0 Å². The lowest BCUT2D eigenvalue weighted by molar-refractivity contribution is 0.626. The zero-order valence-electron chi connectivity index (χ0n) is 3.77. The van der Waals surface area contributed by atoms with E-state index in [0.717, 1.165) is 0 Å². The van der Waals surface area contributed by atoms with Crippen LogP contribution in [0.2, 0.25) is 0 Å². The van der Waals surface area contributed by atoms with Crippen LogP contribution in [0, 0.1) is 0 Å². The van der Waals surface area contributed by atoms with Gasteiger partial charge in [-0.3, -0.25) is 0 Å². The predicted octanol–water partition coefficient (Wildman–Crippen LogP) is -1.56. The third-order valence-corrected chi connectivity index (χ3v) is 1.09. The van der Waals surface area contributed by atoms with Crippen LogP contribution in [-0.2, 0) is 10.3 Å². The fourth-order valence-corrected chi connectivity index (χ4v) is 0.607. The van der Waals surface area contributed by atoms with E-state index in [1.165, 1.54) is 12.4 Å². The SMILES string of the molecule is O=S(=O)=C1N=CC=[N+]1. The van der Waals surface area contributed by atoms with E-state index in [0.29, 0.717) is 0 Å². The Hall–Kier alpha value is -0.970. The third-order valence-electron chi connectivity index (χ3n) is 0.586. The first kappa shape index (κ1) is 5.17. The molecule has 0 atom stereocenters. The molecule has 1 rings (SSSR count). The molecule has 0 spiro atoms. The fourth-order valence-electron chi connectivity index (χ4n) is 0.314. The molecule has 0 N–H and O–H groups in total. The summed E-state index contributed by atoms with van der Waals surface area (Å²) in [5, 5.41) is -0.148. The van der Waals surface area contributed by atoms with Crippen molar-refractivity contribution in [2.24, 2.45) is 4.99 Å². The van der Waals surface area contributed by atoms with Crippen LogP contribution in [0.15, 0.2) is 4.99 Å². The van der Waals surface area contributed by atoms with Crippen molar-refractivity contribution < 1.29 is 8.42 Å². The smallest absolute Gasteiger partial charge is 0.176 e. The molecule has 0 aromatic heterocycles. The van der Waals surface area contributed by atoms with Gasteiger partial charge in [0.15, 0.2) is 12.4 Å². The van der Waals surface area contributed by atoms with E-state index >= 15 is 0 Å². The quantitative estimate of drug-likeness (QED) is 0.372. The molecule has 1 radical (unpaired) electrons. The van der Waals surface area contributed by atoms with Gasteiger partial charge in [-0.25, -0.2) is 0 Å². The van der Waals surface area contributed by atoms with Crippen molar-refractivity contribution in [1.82, 2.24) is 4.99 Å². The van der Waals surface area contributed by atoms with E-state index in [9.17, 15) is 8.42 Å². The minimum atomic E-state index is -2.27. The van der Waals surface area contributed by atoms with Gasteiger partial charge >= 0.3 is 15.4 Å². The molecular weight excluding hydrogens is 128 g/mol. The molecule has 8 heavy (non-hydrogen) atoms. The summed E-state index contributed by atoms with van der Waals surface area (Å²) in [7, 11) is -2.27. The van der Waals surface area contributed by atoms with E-state index in [1.54, 1.807) is 0 Å². The van der Waals surface area contributed by atoms with Gasteiger partial charge in [0, 0.05) is 0 Å². The number of rotatable bonds is 0. The number of hydrogen-bond acceptors (Lipinski definition) is 2. The highest BCUT2D eigenvalue weighted by molar-refractivity contribution is 7.72. The lowest BCUT2D eigenvalue weighted by atomic mass is 10.9. The minimum absolute atomic E-state index is 0.148. The van der Waals surface area contributed by atoms with Crippen molar-refractivity contribution in [3.8, 4) is 0 Å². The molecule has 4 nitrogen and oxygen atoms in total. The van der Waals surface area contributed by atoms with Crippen molar-refractivity contribution in [3.05, 3.63) is 0 Å². The molecule has 0 aromatic carbocycles. The van der Waals surface area contributed by atoms with E-state index in [1.807, 2.05) is 0 Å². The number of hydrogen-bond donors (Lipinski definition) is 0. The summed E-state index contributed by atoms with van der Waals surface area (Å²) < 4.78 is 19.9. The van der Waals surface area contributed by atoms with E-state index in [-0.39, 0.29) is 5.11 Å². The van der Waals surface area contributed by atoms with Gasteiger partial charge in [-0.15, -0.1) is 0 Å². The molecule has 0 amide bonds. The lowest BCUT2D eigenvalue weighted by Crippen LogP contribution is -1.96. The summed E-state index contributed by atoms with van der Waals surface area (Å²) in [4.78, 5) is 6.78. The van der Waals surface area contributed by atoms with Gasteiger partial charge in [-0.1, -0.05) is 0 Å². The second-order valence-electron chi connectivity index (χ2n) is 1.07. The minimum Gasteiger partial charge on any atom is -0.176 e. The van der Waals surface area contributed by atoms with Crippen molar-refractivity contribution in [2.75, 3.05) is 0 Å².